The summed E-state index contributed by atoms with van der Waals surface area (Å²) >= 11 is 0. The Morgan fingerprint density at radius 1 is 1.27 bits per heavy atom. The molecule has 2 N–H and O–H groups in total. The van der Waals surface area contributed by atoms with E-state index in [0.29, 0.717) is 31.8 Å². The van der Waals surface area contributed by atoms with Crippen LogP contribution in [-0.4, -0.2) is 60.3 Å². The number of aromatic nitrogens is 1. The van der Waals surface area contributed by atoms with Crippen molar-refractivity contribution >= 4 is 11.8 Å². The van der Waals surface area contributed by atoms with Crippen LogP contribution in [0.4, 0.5) is 4.39 Å². The second-order valence-corrected chi connectivity index (χ2v) is 6.70. The second kappa shape index (κ2) is 8.95. The van der Waals surface area contributed by atoms with E-state index in [2.05, 4.69) is 5.32 Å². The van der Waals surface area contributed by atoms with Crippen molar-refractivity contribution in [3.63, 3.8) is 0 Å². The van der Waals surface area contributed by atoms with Crippen molar-refractivity contribution < 1.29 is 28.6 Å². The minimum Gasteiger partial charge on any atom is -0.503 e. The molecule has 2 heterocycles. The Morgan fingerprint density at radius 2 is 2.03 bits per heavy atom. The minimum atomic E-state index is -0.933. The smallest absolute Gasteiger partial charge is 0.274 e. The van der Waals surface area contributed by atoms with Crippen LogP contribution in [-0.2, 0) is 17.8 Å². The number of halogens is 1. The maximum atomic E-state index is 13.5. The van der Waals surface area contributed by atoms with Gasteiger partial charge in [-0.15, -0.1) is 0 Å². The normalized spacial score (nSPS) is 13.2. The van der Waals surface area contributed by atoms with Gasteiger partial charge in [0.15, 0.2) is 23.0 Å². The molecule has 0 bridgehead atoms. The van der Waals surface area contributed by atoms with Crippen LogP contribution in [0, 0.1) is 5.82 Å². The summed E-state index contributed by atoms with van der Waals surface area (Å²) in [6.07, 6.45) is 1.27. The van der Waals surface area contributed by atoms with Crippen LogP contribution in [0.1, 0.15) is 26.4 Å². The maximum absolute atomic E-state index is 13.5. The van der Waals surface area contributed by atoms with Crippen LogP contribution in [0.5, 0.6) is 11.5 Å². The molecule has 1 aromatic carbocycles. The summed E-state index contributed by atoms with van der Waals surface area (Å²) in [5, 5.41) is 12.9. The van der Waals surface area contributed by atoms with E-state index in [1.807, 2.05) is 0 Å². The molecular weight excluding hydrogens is 397 g/mol. The molecule has 0 atom stereocenters. The third-order valence-corrected chi connectivity index (χ3v) is 4.84. The number of nitrogens with zero attached hydrogens (tertiary/aromatic N) is 2. The number of carbonyl (C=O) groups is 2. The van der Waals surface area contributed by atoms with Gasteiger partial charge in [-0.1, -0.05) is 6.07 Å². The summed E-state index contributed by atoms with van der Waals surface area (Å²) in [6, 6.07) is 4.11. The van der Waals surface area contributed by atoms with E-state index >= 15 is 0 Å². The summed E-state index contributed by atoms with van der Waals surface area (Å²) < 4.78 is 24.8. The van der Waals surface area contributed by atoms with Crippen LogP contribution < -0.4 is 15.5 Å². The molecule has 1 aromatic heterocycles. The number of methoxy groups -OCH3 is 2. The lowest BCUT2D eigenvalue weighted by Crippen LogP contribution is -2.44. The van der Waals surface area contributed by atoms with Crippen LogP contribution in [0.2, 0.25) is 0 Å². The molecule has 10 heteroatoms. The number of nitrogens with one attached hydrogen (secondary N) is 1. The molecule has 2 aromatic rings. The van der Waals surface area contributed by atoms with Crippen LogP contribution >= 0.6 is 0 Å². The van der Waals surface area contributed by atoms with E-state index in [1.165, 1.54) is 48.1 Å². The van der Waals surface area contributed by atoms with Gasteiger partial charge in [0.05, 0.1) is 13.7 Å². The monoisotopic (exact) mass is 419 g/mol. The Labute approximate surface area is 171 Å². The molecule has 0 saturated heterocycles. The Bertz CT molecular complexity index is 1040. The highest BCUT2D eigenvalue weighted by Crippen LogP contribution is 2.21. The average molecular weight is 419 g/mol. The topological polar surface area (TPSA) is 110 Å². The van der Waals surface area contributed by atoms with E-state index in [0.717, 1.165) is 0 Å². The van der Waals surface area contributed by atoms with E-state index in [1.54, 1.807) is 0 Å². The van der Waals surface area contributed by atoms with Crippen molar-refractivity contribution in [3.05, 3.63) is 57.3 Å². The number of hydrogen-bond acceptors (Lipinski definition) is 6. The molecule has 0 saturated carbocycles. The van der Waals surface area contributed by atoms with Gasteiger partial charge in [-0.3, -0.25) is 14.4 Å². The number of benzene rings is 1. The first-order valence-electron chi connectivity index (χ1n) is 9.22. The fraction of sp³-hybridized carbons (Fsp3) is 0.350. The lowest BCUT2D eigenvalue weighted by Gasteiger charge is -2.30. The lowest BCUT2D eigenvalue weighted by atomic mass is 10.1. The zero-order valence-corrected chi connectivity index (χ0v) is 16.6. The SMILES string of the molecule is COCCN1CCn2cc(C(=O)NCc3ccc(F)c(OC)c3)c(=O)c(O)c2C1=O. The van der Waals surface area contributed by atoms with E-state index in [9.17, 15) is 23.9 Å². The van der Waals surface area contributed by atoms with Crippen LogP contribution in [0.25, 0.3) is 0 Å². The van der Waals surface area contributed by atoms with Crippen molar-refractivity contribution in [2.45, 2.75) is 13.1 Å². The quantitative estimate of drug-likeness (QED) is 0.685. The first-order valence-corrected chi connectivity index (χ1v) is 9.22. The zero-order valence-electron chi connectivity index (χ0n) is 16.6. The fourth-order valence-corrected chi connectivity index (χ4v) is 3.20. The zero-order chi connectivity index (χ0) is 21.8. The Balaban J connectivity index is 1.81. The van der Waals surface area contributed by atoms with Crippen molar-refractivity contribution in [2.75, 3.05) is 33.9 Å². The molecule has 0 fully saturated rings. The summed E-state index contributed by atoms with van der Waals surface area (Å²) in [6.45, 7) is 1.33. The highest BCUT2D eigenvalue weighted by atomic mass is 19.1. The Kier molecular flexibility index (Phi) is 6.36. The molecule has 3 rings (SSSR count). The number of rotatable bonds is 7. The number of fused-ring (bicyclic) bond motifs is 1. The highest BCUT2D eigenvalue weighted by Gasteiger charge is 2.30. The highest BCUT2D eigenvalue weighted by molar-refractivity contribution is 5.99. The van der Waals surface area contributed by atoms with Crippen molar-refractivity contribution in [1.82, 2.24) is 14.8 Å². The first-order chi connectivity index (χ1) is 14.4. The molecule has 0 unspecified atom stereocenters. The number of pyridine rings is 1. The maximum Gasteiger partial charge on any atom is 0.274 e. The average Bonchev–Trinajstić information content (AvgIpc) is 2.74. The summed E-state index contributed by atoms with van der Waals surface area (Å²) in [7, 11) is 2.84. The molecule has 0 radical (unpaired) electrons. The van der Waals surface area contributed by atoms with Gasteiger partial charge in [0.1, 0.15) is 5.56 Å². The molecule has 1 aliphatic rings. The van der Waals surface area contributed by atoms with Crippen molar-refractivity contribution in [3.8, 4) is 11.5 Å². The largest absolute Gasteiger partial charge is 0.503 e. The number of amides is 2. The molecular formula is C20H22FN3O6. The third-order valence-electron chi connectivity index (χ3n) is 4.84. The Hall–Kier alpha value is -3.40. The van der Waals surface area contributed by atoms with Crippen molar-refractivity contribution in [2.24, 2.45) is 0 Å². The molecule has 160 valence electrons. The van der Waals surface area contributed by atoms with Gasteiger partial charge in [0.25, 0.3) is 11.8 Å². The van der Waals surface area contributed by atoms with E-state index in [4.69, 9.17) is 9.47 Å². The third kappa shape index (κ3) is 4.13. The van der Waals surface area contributed by atoms with E-state index in [-0.39, 0.29) is 23.6 Å². The molecule has 0 aliphatic carbocycles. The number of hydrogen-bond donors (Lipinski definition) is 2. The van der Waals surface area contributed by atoms with Gasteiger partial charge < -0.3 is 29.4 Å². The first kappa shape index (κ1) is 21.3. The van der Waals surface area contributed by atoms with E-state index < -0.39 is 28.8 Å². The fourth-order valence-electron chi connectivity index (χ4n) is 3.20. The van der Waals surface area contributed by atoms with Crippen LogP contribution in [0.3, 0.4) is 0 Å². The second-order valence-electron chi connectivity index (χ2n) is 6.70. The van der Waals surface area contributed by atoms with Gasteiger partial charge in [-0.05, 0) is 17.7 Å². The standard InChI is InChI=1S/C20H22FN3O6/c1-29-8-7-23-5-6-24-11-13(17(25)18(26)16(24)20(23)28)19(27)22-10-12-3-4-14(21)15(9-12)30-2/h3-4,9,11,26H,5-8,10H2,1-2H3,(H,22,27). The molecule has 9 nitrogen and oxygen atoms in total. The molecule has 2 amide bonds. The Morgan fingerprint density at radius 3 is 2.73 bits per heavy atom. The summed E-state index contributed by atoms with van der Waals surface area (Å²) in [5.41, 5.74) is -0.809. The number of ether oxygens (including phenoxy) is 2. The van der Waals surface area contributed by atoms with Crippen LogP contribution in [0.15, 0.2) is 29.2 Å². The van der Waals surface area contributed by atoms with Gasteiger partial charge in [-0.2, -0.15) is 0 Å². The predicted molar refractivity (Wildman–Crippen MR) is 104 cm³/mol. The van der Waals surface area contributed by atoms with Gasteiger partial charge in [0, 0.05) is 39.5 Å². The summed E-state index contributed by atoms with van der Waals surface area (Å²) in [5.74, 6) is -2.49. The van der Waals surface area contributed by atoms with Gasteiger partial charge in [0.2, 0.25) is 5.43 Å². The molecule has 1 aliphatic heterocycles. The number of carbonyl (C=O) groups excluding carboxylic acids is 2. The number of aromatic hydroxyl groups is 1. The summed E-state index contributed by atoms with van der Waals surface area (Å²) in [4.78, 5) is 39.1. The minimum absolute atomic E-state index is 0.0150. The molecule has 0 spiro atoms. The molecule has 30 heavy (non-hydrogen) atoms. The predicted octanol–water partition coefficient (Wildman–Crippen LogP) is 0.734. The van der Waals surface area contributed by atoms with Crippen molar-refractivity contribution in [1.29, 1.82) is 0 Å². The lowest BCUT2D eigenvalue weighted by molar-refractivity contribution is 0.0632. The van der Waals surface area contributed by atoms with Gasteiger partial charge in [-0.25, -0.2) is 4.39 Å². The van der Waals surface area contributed by atoms with Gasteiger partial charge >= 0.3 is 0 Å².